The molecule has 90 valence electrons. The second kappa shape index (κ2) is 6.59. The van der Waals surface area contributed by atoms with Gasteiger partial charge in [-0.15, -0.1) is 0 Å². The minimum absolute atomic E-state index is 0.00669. The van der Waals surface area contributed by atoms with Gasteiger partial charge in [-0.3, -0.25) is 10.2 Å². The SMILES string of the molecule is NC(=S)N/N=C(\CCC(=O)O)c1ccccc1. The molecule has 0 atom stereocenters. The number of aliphatic carboxylic acids is 1. The van der Waals surface area contributed by atoms with E-state index in [-0.39, 0.29) is 11.5 Å². The molecule has 1 aromatic rings. The number of nitrogens with zero attached hydrogens (tertiary/aromatic N) is 1. The van der Waals surface area contributed by atoms with Gasteiger partial charge < -0.3 is 10.8 Å². The summed E-state index contributed by atoms with van der Waals surface area (Å²) in [6.45, 7) is 0. The summed E-state index contributed by atoms with van der Waals surface area (Å²) in [5.41, 5.74) is 9.20. The van der Waals surface area contributed by atoms with Crippen LogP contribution >= 0.6 is 12.2 Å². The minimum atomic E-state index is -0.871. The van der Waals surface area contributed by atoms with Crippen LogP contribution in [0.5, 0.6) is 0 Å². The number of benzene rings is 1. The number of carboxylic acid groups (broad SMARTS) is 1. The van der Waals surface area contributed by atoms with E-state index in [1.165, 1.54) is 0 Å². The van der Waals surface area contributed by atoms with Crippen LogP contribution in [0.3, 0.4) is 0 Å². The Hall–Kier alpha value is -1.95. The molecule has 5 nitrogen and oxygen atoms in total. The average Bonchev–Trinajstić information content (AvgIpc) is 2.29. The Morgan fingerprint density at radius 1 is 1.35 bits per heavy atom. The molecule has 0 saturated heterocycles. The van der Waals surface area contributed by atoms with Gasteiger partial charge in [-0.25, -0.2) is 0 Å². The summed E-state index contributed by atoms with van der Waals surface area (Å²) in [7, 11) is 0. The van der Waals surface area contributed by atoms with Gasteiger partial charge >= 0.3 is 5.97 Å². The maximum Gasteiger partial charge on any atom is 0.303 e. The minimum Gasteiger partial charge on any atom is -0.481 e. The number of hydrogen-bond donors (Lipinski definition) is 3. The van der Waals surface area contributed by atoms with Crippen LogP contribution in [0.4, 0.5) is 0 Å². The molecule has 17 heavy (non-hydrogen) atoms. The number of rotatable bonds is 5. The number of hydrazone groups is 1. The van der Waals surface area contributed by atoms with Crippen molar-refractivity contribution in [1.82, 2.24) is 5.43 Å². The number of carbonyl (C=O) groups is 1. The third-order valence-electron chi connectivity index (χ3n) is 1.98. The summed E-state index contributed by atoms with van der Waals surface area (Å²) in [5, 5.41) is 12.7. The van der Waals surface area contributed by atoms with Gasteiger partial charge in [0.2, 0.25) is 0 Å². The normalized spacial score (nSPS) is 10.9. The fourth-order valence-electron chi connectivity index (χ4n) is 1.24. The van der Waals surface area contributed by atoms with Crippen molar-refractivity contribution in [3.8, 4) is 0 Å². The monoisotopic (exact) mass is 251 g/mol. The molecular formula is C11H13N3O2S. The van der Waals surface area contributed by atoms with Crippen LogP contribution in [0, 0.1) is 0 Å². The van der Waals surface area contributed by atoms with E-state index in [1.807, 2.05) is 30.3 Å². The smallest absolute Gasteiger partial charge is 0.303 e. The van der Waals surface area contributed by atoms with Gasteiger partial charge in [0, 0.05) is 6.42 Å². The number of thiocarbonyl (C=S) groups is 1. The number of carboxylic acids is 1. The maximum atomic E-state index is 10.5. The van der Waals surface area contributed by atoms with Crippen molar-refractivity contribution in [1.29, 1.82) is 0 Å². The lowest BCUT2D eigenvalue weighted by molar-refractivity contribution is -0.136. The molecule has 0 aliphatic rings. The molecular weight excluding hydrogens is 238 g/mol. The highest BCUT2D eigenvalue weighted by Crippen LogP contribution is 2.06. The van der Waals surface area contributed by atoms with E-state index < -0.39 is 5.97 Å². The molecule has 0 fully saturated rings. The first-order valence-corrected chi connectivity index (χ1v) is 5.39. The van der Waals surface area contributed by atoms with Crippen LogP contribution in [-0.2, 0) is 4.79 Å². The van der Waals surface area contributed by atoms with Gasteiger partial charge in [0.15, 0.2) is 5.11 Å². The Bertz CT molecular complexity index is 432. The summed E-state index contributed by atoms with van der Waals surface area (Å²) in [4.78, 5) is 10.5. The fourth-order valence-corrected chi connectivity index (χ4v) is 1.29. The van der Waals surface area contributed by atoms with Crippen LogP contribution in [0.15, 0.2) is 35.4 Å². The predicted molar refractivity (Wildman–Crippen MR) is 69.8 cm³/mol. The number of nitrogens with one attached hydrogen (secondary N) is 1. The van der Waals surface area contributed by atoms with Crippen LogP contribution < -0.4 is 11.2 Å². The van der Waals surface area contributed by atoms with Gasteiger partial charge in [-0.05, 0) is 17.8 Å². The van der Waals surface area contributed by atoms with Gasteiger partial charge in [-0.2, -0.15) is 5.10 Å². The van der Waals surface area contributed by atoms with Crippen LogP contribution in [0.25, 0.3) is 0 Å². The Morgan fingerprint density at radius 2 is 2.00 bits per heavy atom. The lowest BCUT2D eigenvalue weighted by atomic mass is 10.1. The highest BCUT2D eigenvalue weighted by molar-refractivity contribution is 7.80. The second-order valence-electron chi connectivity index (χ2n) is 3.29. The zero-order chi connectivity index (χ0) is 12.7. The topological polar surface area (TPSA) is 87.7 Å². The molecule has 4 N–H and O–H groups in total. The number of hydrogen-bond acceptors (Lipinski definition) is 3. The highest BCUT2D eigenvalue weighted by atomic mass is 32.1. The van der Waals surface area contributed by atoms with Crippen molar-refractivity contribution in [3.63, 3.8) is 0 Å². The van der Waals surface area contributed by atoms with Gasteiger partial charge in [0.1, 0.15) is 0 Å². The lowest BCUT2D eigenvalue weighted by Gasteiger charge is -2.05. The molecule has 0 radical (unpaired) electrons. The highest BCUT2D eigenvalue weighted by Gasteiger charge is 2.06. The lowest BCUT2D eigenvalue weighted by Crippen LogP contribution is -2.25. The van der Waals surface area contributed by atoms with E-state index in [9.17, 15) is 4.79 Å². The fraction of sp³-hybridized carbons (Fsp3) is 0.182. The van der Waals surface area contributed by atoms with E-state index in [2.05, 4.69) is 22.7 Å². The Kier molecular flexibility index (Phi) is 5.09. The molecule has 1 aromatic carbocycles. The third-order valence-corrected chi connectivity index (χ3v) is 2.08. The summed E-state index contributed by atoms with van der Waals surface area (Å²) >= 11 is 4.64. The molecule has 0 aromatic heterocycles. The molecule has 0 amide bonds. The van der Waals surface area contributed by atoms with Crippen molar-refractivity contribution in [3.05, 3.63) is 35.9 Å². The quantitative estimate of drug-likeness (QED) is 0.414. The molecule has 0 heterocycles. The molecule has 6 heteroatoms. The maximum absolute atomic E-state index is 10.5. The summed E-state index contributed by atoms with van der Waals surface area (Å²) < 4.78 is 0. The third kappa shape index (κ3) is 5.07. The van der Waals surface area contributed by atoms with Crippen molar-refractivity contribution in [2.75, 3.05) is 0 Å². The average molecular weight is 251 g/mol. The molecule has 0 aliphatic carbocycles. The predicted octanol–water partition coefficient (Wildman–Crippen LogP) is 1.09. The molecule has 0 saturated carbocycles. The van der Waals surface area contributed by atoms with Crippen molar-refractivity contribution >= 4 is 29.0 Å². The largest absolute Gasteiger partial charge is 0.481 e. The first kappa shape index (κ1) is 13.1. The summed E-state index contributed by atoms with van der Waals surface area (Å²) in [6, 6.07) is 9.28. The zero-order valence-corrected chi connectivity index (χ0v) is 9.91. The molecule has 0 bridgehead atoms. The van der Waals surface area contributed by atoms with Crippen molar-refractivity contribution < 1.29 is 9.90 Å². The van der Waals surface area contributed by atoms with Crippen molar-refractivity contribution in [2.45, 2.75) is 12.8 Å². The second-order valence-corrected chi connectivity index (χ2v) is 3.73. The Morgan fingerprint density at radius 3 is 2.53 bits per heavy atom. The molecule has 0 spiro atoms. The van der Waals surface area contributed by atoms with Crippen LogP contribution in [-0.4, -0.2) is 21.9 Å². The van der Waals surface area contributed by atoms with Crippen LogP contribution in [0.1, 0.15) is 18.4 Å². The van der Waals surface area contributed by atoms with E-state index in [0.29, 0.717) is 12.1 Å². The summed E-state index contributed by atoms with van der Waals surface area (Å²) in [5.74, 6) is -0.871. The number of nitrogens with two attached hydrogens (primary N) is 1. The van der Waals surface area contributed by atoms with E-state index in [0.717, 1.165) is 5.56 Å². The molecule has 1 rings (SSSR count). The summed E-state index contributed by atoms with van der Waals surface area (Å²) in [6.07, 6.45) is 0.321. The molecule has 0 unspecified atom stereocenters. The van der Waals surface area contributed by atoms with Crippen LogP contribution in [0.2, 0.25) is 0 Å². The Balaban J connectivity index is 2.82. The van der Waals surface area contributed by atoms with E-state index >= 15 is 0 Å². The van der Waals surface area contributed by atoms with Gasteiger partial charge in [0.05, 0.1) is 12.1 Å². The first-order valence-electron chi connectivity index (χ1n) is 4.99. The van der Waals surface area contributed by atoms with Crippen molar-refractivity contribution in [2.24, 2.45) is 10.8 Å². The van der Waals surface area contributed by atoms with Gasteiger partial charge in [0.25, 0.3) is 0 Å². The zero-order valence-electron chi connectivity index (χ0n) is 9.09. The Labute approximate surface area is 104 Å². The first-order chi connectivity index (χ1) is 8.09. The van der Waals surface area contributed by atoms with E-state index in [1.54, 1.807) is 0 Å². The standard InChI is InChI=1S/C11H13N3O2S/c12-11(17)14-13-9(6-7-10(15)16)8-4-2-1-3-5-8/h1-5H,6-7H2,(H,15,16)(H3,12,14,17)/b13-9+. The van der Waals surface area contributed by atoms with E-state index in [4.69, 9.17) is 10.8 Å². The van der Waals surface area contributed by atoms with Gasteiger partial charge in [-0.1, -0.05) is 30.3 Å². The molecule has 0 aliphatic heterocycles.